The standard InChI is InChI=1S/C29H38N2O7/c1-17-8-9-22-18(2)26(35-27-29(22)21(17)12-14-28(3,36-27)37-38-29)34-25(33)11-10-24(32)30-15-13-19-16-31-23-7-5-4-6-20(19)23/h4-7,16-18,21-22,26-27,31H,8-15H2,1-3H3,(H,30,32)/t17-,18-,21+,22+,26-,27-,28-,29-/m1/s1. The molecular formula is C29H38N2O7. The SMILES string of the molecule is C[C@H]1[C@H](OC(=O)CCC(=O)NCCc2c[nH]c3ccccc23)O[C@@H]2O[C@@]3(C)CC[C@H]4[C@H](C)CC[C@@H]1[C@@]24OO3. The fourth-order valence-electron chi connectivity index (χ4n) is 7.17. The Balaban J connectivity index is 1.02. The van der Waals surface area contributed by atoms with Crippen molar-refractivity contribution in [2.24, 2.45) is 23.7 Å². The Morgan fingerprint density at radius 1 is 1.11 bits per heavy atom. The molecule has 2 bridgehead atoms. The van der Waals surface area contributed by atoms with E-state index in [0.29, 0.717) is 18.9 Å². The van der Waals surface area contributed by atoms with Gasteiger partial charge in [-0.05, 0) is 56.1 Å². The summed E-state index contributed by atoms with van der Waals surface area (Å²) in [5.74, 6) is -0.802. The number of hydrogen-bond acceptors (Lipinski definition) is 7. The van der Waals surface area contributed by atoms with Crippen LogP contribution in [0.15, 0.2) is 30.5 Å². The van der Waals surface area contributed by atoms with Crippen LogP contribution in [0.5, 0.6) is 0 Å². The van der Waals surface area contributed by atoms with Crippen molar-refractivity contribution in [3.05, 3.63) is 36.0 Å². The van der Waals surface area contributed by atoms with Crippen molar-refractivity contribution >= 4 is 22.8 Å². The van der Waals surface area contributed by atoms with E-state index in [-0.39, 0.29) is 36.5 Å². The van der Waals surface area contributed by atoms with E-state index < -0.39 is 29.9 Å². The summed E-state index contributed by atoms with van der Waals surface area (Å²) < 4.78 is 18.4. The molecule has 0 radical (unpaired) electrons. The molecule has 0 unspecified atom stereocenters. The molecule has 8 atom stereocenters. The molecule has 1 aliphatic carbocycles. The third-order valence-corrected chi connectivity index (χ3v) is 9.29. The first-order valence-electron chi connectivity index (χ1n) is 14.0. The number of rotatable bonds is 7. The predicted octanol–water partition coefficient (Wildman–Crippen LogP) is 4.36. The lowest BCUT2D eigenvalue weighted by atomic mass is 9.58. The number of benzene rings is 1. The first-order valence-corrected chi connectivity index (χ1v) is 14.0. The molecule has 1 saturated carbocycles. The second-order valence-electron chi connectivity index (χ2n) is 11.7. The highest BCUT2D eigenvalue weighted by Crippen LogP contribution is 2.60. The summed E-state index contributed by atoms with van der Waals surface area (Å²) >= 11 is 0. The molecule has 206 valence electrons. The van der Waals surface area contributed by atoms with E-state index in [1.165, 1.54) is 0 Å². The molecule has 9 nitrogen and oxygen atoms in total. The molecule has 5 heterocycles. The van der Waals surface area contributed by atoms with Gasteiger partial charge in [0.05, 0.1) is 6.42 Å². The molecule has 7 rings (SSSR count). The van der Waals surface area contributed by atoms with E-state index in [9.17, 15) is 9.59 Å². The van der Waals surface area contributed by atoms with E-state index >= 15 is 0 Å². The Hall–Kier alpha value is -2.46. The molecule has 2 aromatic rings. The van der Waals surface area contributed by atoms with Gasteiger partial charge in [-0.3, -0.25) is 9.59 Å². The number of esters is 1. The number of fused-ring (bicyclic) bond motifs is 3. The largest absolute Gasteiger partial charge is 0.435 e. The van der Waals surface area contributed by atoms with Crippen LogP contribution >= 0.6 is 0 Å². The van der Waals surface area contributed by atoms with Gasteiger partial charge in [0, 0.05) is 48.3 Å². The van der Waals surface area contributed by atoms with Crippen LogP contribution in [0, 0.1) is 23.7 Å². The fourth-order valence-corrected chi connectivity index (χ4v) is 7.17. The third-order valence-electron chi connectivity index (χ3n) is 9.29. The summed E-state index contributed by atoms with van der Waals surface area (Å²) in [6.07, 6.45) is 4.99. The molecule has 4 aliphatic heterocycles. The number of hydrogen-bond donors (Lipinski definition) is 2. The van der Waals surface area contributed by atoms with Crippen LogP contribution in [-0.4, -0.2) is 47.4 Å². The molecule has 1 amide bonds. The Bertz CT molecular complexity index is 1200. The van der Waals surface area contributed by atoms with E-state index in [2.05, 4.69) is 23.3 Å². The minimum absolute atomic E-state index is 0.0101. The summed E-state index contributed by atoms with van der Waals surface area (Å²) in [7, 11) is 0. The van der Waals surface area contributed by atoms with Gasteiger partial charge in [0.25, 0.3) is 0 Å². The van der Waals surface area contributed by atoms with Gasteiger partial charge in [0.2, 0.25) is 18.0 Å². The van der Waals surface area contributed by atoms with Gasteiger partial charge < -0.3 is 24.5 Å². The van der Waals surface area contributed by atoms with Gasteiger partial charge in [0.1, 0.15) is 0 Å². The number of para-hydroxylation sites is 1. The van der Waals surface area contributed by atoms with Crippen molar-refractivity contribution in [1.82, 2.24) is 10.3 Å². The Morgan fingerprint density at radius 3 is 2.82 bits per heavy atom. The van der Waals surface area contributed by atoms with E-state index in [4.69, 9.17) is 24.0 Å². The second-order valence-corrected chi connectivity index (χ2v) is 11.7. The summed E-state index contributed by atoms with van der Waals surface area (Å²) in [5.41, 5.74) is 1.54. The van der Waals surface area contributed by atoms with Crippen molar-refractivity contribution in [3.63, 3.8) is 0 Å². The monoisotopic (exact) mass is 526 g/mol. The van der Waals surface area contributed by atoms with Crippen LogP contribution in [0.3, 0.4) is 0 Å². The first kappa shape index (κ1) is 25.8. The number of nitrogens with one attached hydrogen (secondary N) is 2. The summed E-state index contributed by atoms with van der Waals surface area (Å²) in [5, 5.41) is 4.07. The number of aromatic amines is 1. The Morgan fingerprint density at radius 2 is 1.95 bits per heavy atom. The van der Waals surface area contributed by atoms with Crippen molar-refractivity contribution in [2.45, 2.75) is 89.7 Å². The number of ether oxygens (including phenoxy) is 3. The second kappa shape index (κ2) is 9.93. The Labute approximate surface area is 222 Å². The van der Waals surface area contributed by atoms with Gasteiger partial charge in [-0.25, -0.2) is 9.78 Å². The van der Waals surface area contributed by atoms with Crippen LogP contribution in [0.25, 0.3) is 10.9 Å². The number of aromatic nitrogens is 1. The highest BCUT2D eigenvalue weighted by atomic mass is 17.3. The normalized spacial score (nSPS) is 37.9. The minimum atomic E-state index is -0.878. The minimum Gasteiger partial charge on any atom is -0.435 e. The first-order chi connectivity index (χ1) is 18.3. The lowest BCUT2D eigenvalue weighted by Gasteiger charge is -2.59. The average Bonchev–Trinajstić information content (AvgIpc) is 3.17. The molecule has 2 N–H and O–H groups in total. The topological polar surface area (TPSA) is 108 Å². The molecule has 5 fully saturated rings. The molecule has 1 aromatic carbocycles. The fraction of sp³-hybridized carbons (Fsp3) is 0.655. The Kier molecular flexibility index (Phi) is 6.74. The van der Waals surface area contributed by atoms with Gasteiger partial charge in [-0.2, -0.15) is 0 Å². The van der Waals surface area contributed by atoms with E-state index in [1.807, 2.05) is 38.2 Å². The summed E-state index contributed by atoms with van der Waals surface area (Å²) in [4.78, 5) is 40.4. The maximum absolute atomic E-state index is 12.8. The summed E-state index contributed by atoms with van der Waals surface area (Å²) in [6, 6.07) is 8.08. The molecular weight excluding hydrogens is 488 g/mol. The molecule has 1 aromatic heterocycles. The third kappa shape index (κ3) is 4.43. The lowest BCUT2D eigenvalue weighted by Crippen LogP contribution is -2.70. The maximum atomic E-state index is 12.8. The molecule has 38 heavy (non-hydrogen) atoms. The molecule has 5 aliphatic rings. The predicted molar refractivity (Wildman–Crippen MR) is 137 cm³/mol. The van der Waals surface area contributed by atoms with Crippen LogP contribution in [0.4, 0.5) is 0 Å². The molecule has 9 heteroatoms. The quantitative estimate of drug-likeness (QED) is 0.408. The van der Waals surface area contributed by atoms with Crippen LogP contribution in [0.1, 0.15) is 64.9 Å². The highest BCUT2D eigenvalue weighted by molar-refractivity contribution is 5.83. The van der Waals surface area contributed by atoms with Gasteiger partial charge >= 0.3 is 5.97 Å². The van der Waals surface area contributed by atoms with E-state index in [0.717, 1.165) is 42.1 Å². The number of carbonyl (C=O) groups is 2. The number of amides is 1. The average molecular weight is 527 g/mol. The number of H-pyrrole nitrogens is 1. The zero-order valence-corrected chi connectivity index (χ0v) is 22.4. The van der Waals surface area contributed by atoms with Gasteiger partial charge in [0.15, 0.2) is 11.9 Å². The van der Waals surface area contributed by atoms with Gasteiger partial charge in [-0.1, -0.05) is 32.0 Å². The van der Waals surface area contributed by atoms with E-state index in [1.54, 1.807) is 0 Å². The summed E-state index contributed by atoms with van der Waals surface area (Å²) in [6.45, 7) is 6.68. The van der Waals surface area contributed by atoms with Crippen LogP contribution < -0.4 is 5.32 Å². The highest BCUT2D eigenvalue weighted by Gasteiger charge is 2.69. The van der Waals surface area contributed by atoms with Gasteiger partial charge in [-0.15, -0.1) is 0 Å². The van der Waals surface area contributed by atoms with Crippen molar-refractivity contribution in [3.8, 4) is 0 Å². The molecule has 4 saturated heterocycles. The van der Waals surface area contributed by atoms with Crippen LogP contribution in [0.2, 0.25) is 0 Å². The maximum Gasteiger partial charge on any atom is 0.308 e. The van der Waals surface area contributed by atoms with Crippen molar-refractivity contribution < 1.29 is 33.6 Å². The van der Waals surface area contributed by atoms with Crippen molar-refractivity contribution in [1.29, 1.82) is 0 Å². The number of carbonyl (C=O) groups excluding carboxylic acids is 2. The molecule has 1 spiro atoms. The van der Waals surface area contributed by atoms with Crippen molar-refractivity contribution in [2.75, 3.05) is 6.54 Å². The smallest absolute Gasteiger partial charge is 0.308 e. The van der Waals surface area contributed by atoms with Crippen LogP contribution in [-0.2, 0) is 40.0 Å². The lowest BCUT2D eigenvalue weighted by molar-refractivity contribution is -0.576. The zero-order valence-electron chi connectivity index (χ0n) is 22.4. The zero-order chi connectivity index (χ0) is 26.5.